The predicted octanol–water partition coefficient (Wildman–Crippen LogP) is 4.84. The van der Waals surface area contributed by atoms with E-state index in [1.54, 1.807) is 55.6 Å². The molecule has 0 aliphatic rings. The molecule has 3 aromatic carbocycles. The second-order valence-electron chi connectivity index (χ2n) is 7.34. The maximum absolute atomic E-state index is 13.5. The van der Waals surface area contributed by atoms with Crippen LogP contribution in [0.4, 0.5) is 5.69 Å². The molecular formula is C24H25BrN2O4S. The SMILES string of the molecule is COc1ccccc1[C@@H](C)NC(=O)CN(c1cccc(Br)c1)S(=O)(=O)c1ccc(C)cc1. The first kappa shape index (κ1) is 23.8. The summed E-state index contributed by atoms with van der Waals surface area (Å²) in [6.45, 7) is 3.34. The summed E-state index contributed by atoms with van der Waals surface area (Å²) in [5.74, 6) is 0.218. The second kappa shape index (κ2) is 10.2. The number of amides is 1. The largest absolute Gasteiger partial charge is 0.496 e. The third-order valence-corrected chi connectivity index (χ3v) is 7.26. The first-order valence-corrected chi connectivity index (χ1v) is 12.2. The first-order valence-electron chi connectivity index (χ1n) is 9.99. The Morgan fingerprint density at radius 3 is 2.41 bits per heavy atom. The lowest BCUT2D eigenvalue weighted by Crippen LogP contribution is -2.41. The van der Waals surface area contributed by atoms with E-state index in [1.165, 1.54) is 0 Å². The molecule has 0 saturated carbocycles. The smallest absolute Gasteiger partial charge is 0.264 e. The summed E-state index contributed by atoms with van der Waals surface area (Å²) in [6, 6.07) is 20.4. The van der Waals surface area contributed by atoms with E-state index in [-0.39, 0.29) is 17.5 Å². The lowest BCUT2D eigenvalue weighted by Gasteiger charge is -2.25. The van der Waals surface area contributed by atoms with Gasteiger partial charge >= 0.3 is 0 Å². The highest BCUT2D eigenvalue weighted by molar-refractivity contribution is 9.10. The van der Waals surface area contributed by atoms with E-state index in [0.29, 0.717) is 15.9 Å². The second-order valence-corrected chi connectivity index (χ2v) is 10.1. The molecule has 1 atom stereocenters. The van der Waals surface area contributed by atoms with Crippen LogP contribution in [0.2, 0.25) is 0 Å². The molecule has 8 heteroatoms. The highest BCUT2D eigenvalue weighted by Crippen LogP contribution is 2.27. The van der Waals surface area contributed by atoms with Gasteiger partial charge in [-0.2, -0.15) is 0 Å². The van der Waals surface area contributed by atoms with Gasteiger partial charge in [0, 0.05) is 10.0 Å². The van der Waals surface area contributed by atoms with Gasteiger partial charge in [0.25, 0.3) is 10.0 Å². The van der Waals surface area contributed by atoms with E-state index in [2.05, 4.69) is 21.2 Å². The molecule has 0 fully saturated rings. The van der Waals surface area contributed by atoms with Crippen LogP contribution < -0.4 is 14.4 Å². The van der Waals surface area contributed by atoms with Gasteiger partial charge in [-0.25, -0.2) is 8.42 Å². The number of para-hydroxylation sites is 1. The number of carbonyl (C=O) groups is 1. The standard InChI is InChI=1S/C24H25BrN2O4S/c1-17-11-13-21(14-12-17)32(29,30)27(20-8-6-7-19(25)15-20)16-24(28)26-18(2)22-9-4-5-10-23(22)31-3/h4-15,18H,16H2,1-3H3,(H,26,28)/t18-/m1/s1. The third kappa shape index (κ3) is 5.49. The summed E-state index contributed by atoms with van der Waals surface area (Å²) in [7, 11) is -2.40. The molecule has 6 nitrogen and oxygen atoms in total. The van der Waals surface area contributed by atoms with Crippen molar-refractivity contribution < 1.29 is 17.9 Å². The minimum Gasteiger partial charge on any atom is -0.496 e. The van der Waals surface area contributed by atoms with Gasteiger partial charge in [0.1, 0.15) is 12.3 Å². The molecule has 0 spiro atoms. The number of methoxy groups -OCH3 is 1. The molecule has 1 N–H and O–H groups in total. The molecule has 0 saturated heterocycles. The van der Waals surface area contributed by atoms with E-state index in [1.807, 2.05) is 38.1 Å². The zero-order chi connectivity index (χ0) is 23.3. The molecule has 0 aliphatic carbocycles. The van der Waals surface area contributed by atoms with Gasteiger partial charge in [0.05, 0.1) is 23.7 Å². The topological polar surface area (TPSA) is 75.7 Å². The van der Waals surface area contributed by atoms with Crippen LogP contribution in [-0.2, 0) is 14.8 Å². The number of benzene rings is 3. The Bertz CT molecular complexity index is 1200. The number of aryl methyl sites for hydroxylation is 1. The van der Waals surface area contributed by atoms with Crippen molar-refractivity contribution in [2.75, 3.05) is 18.0 Å². The Hall–Kier alpha value is -2.84. The zero-order valence-electron chi connectivity index (χ0n) is 18.1. The van der Waals surface area contributed by atoms with Crippen LogP contribution in [0.5, 0.6) is 5.75 Å². The molecule has 0 radical (unpaired) electrons. The number of hydrogen-bond donors (Lipinski definition) is 1. The summed E-state index contributed by atoms with van der Waals surface area (Å²) >= 11 is 3.38. The van der Waals surface area contributed by atoms with Crippen LogP contribution in [0, 0.1) is 6.92 Å². The lowest BCUT2D eigenvalue weighted by molar-refractivity contribution is -0.120. The number of nitrogens with zero attached hydrogens (tertiary/aromatic N) is 1. The average molecular weight is 517 g/mol. The highest BCUT2D eigenvalue weighted by atomic mass is 79.9. The number of halogens is 1. The average Bonchev–Trinajstić information content (AvgIpc) is 2.77. The van der Waals surface area contributed by atoms with Crippen LogP contribution in [0.15, 0.2) is 82.2 Å². The minimum absolute atomic E-state index is 0.119. The maximum Gasteiger partial charge on any atom is 0.264 e. The monoisotopic (exact) mass is 516 g/mol. The number of rotatable bonds is 8. The molecule has 0 bridgehead atoms. The number of anilines is 1. The molecule has 0 heterocycles. The summed E-state index contributed by atoms with van der Waals surface area (Å²) in [4.78, 5) is 13.1. The normalized spacial score (nSPS) is 12.1. The third-order valence-electron chi connectivity index (χ3n) is 4.98. The highest BCUT2D eigenvalue weighted by Gasteiger charge is 2.28. The van der Waals surface area contributed by atoms with E-state index in [9.17, 15) is 13.2 Å². The number of ether oxygens (including phenoxy) is 1. The van der Waals surface area contributed by atoms with E-state index in [0.717, 1.165) is 15.4 Å². The van der Waals surface area contributed by atoms with Gasteiger partial charge in [-0.3, -0.25) is 9.10 Å². The Kier molecular flexibility index (Phi) is 7.58. The minimum atomic E-state index is -3.97. The first-order chi connectivity index (χ1) is 15.2. The van der Waals surface area contributed by atoms with Crippen LogP contribution >= 0.6 is 15.9 Å². The Labute approximate surface area is 197 Å². The van der Waals surface area contributed by atoms with Crippen LogP contribution in [0.25, 0.3) is 0 Å². The van der Waals surface area contributed by atoms with Gasteiger partial charge in [-0.15, -0.1) is 0 Å². The molecular weight excluding hydrogens is 492 g/mol. The van der Waals surface area contributed by atoms with Crippen molar-refractivity contribution in [3.05, 3.63) is 88.4 Å². The molecule has 3 aromatic rings. The fourth-order valence-electron chi connectivity index (χ4n) is 3.30. The Morgan fingerprint density at radius 2 is 1.75 bits per heavy atom. The Morgan fingerprint density at radius 1 is 1.06 bits per heavy atom. The van der Waals surface area contributed by atoms with Gasteiger partial charge in [-0.05, 0) is 50.2 Å². The maximum atomic E-state index is 13.5. The van der Waals surface area contributed by atoms with Crippen molar-refractivity contribution in [3.8, 4) is 5.75 Å². The molecule has 3 rings (SSSR count). The van der Waals surface area contributed by atoms with Crippen molar-refractivity contribution in [1.29, 1.82) is 0 Å². The summed E-state index contributed by atoms with van der Waals surface area (Å²) in [5.41, 5.74) is 2.14. The van der Waals surface area contributed by atoms with Gasteiger partial charge in [-0.1, -0.05) is 57.9 Å². The van der Waals surface area contributed by atoms with E-state index < -0.39 is 15.9 Å². The molecule has 0 aliphatic heterocycles. The lowest BCUT2D eigenvalue weighted by atomic mass is 10.1. The molecule has 0 aromatic heterocycles. The van der Waals surface area contributed by atoms with Crippen molar-refractivity contribution in [2.24, 2.45) is 0 Å². The number of nitrogens with one attached hydrogen (secondary N) is 1. The summed E-state index contributed by atoms with van der Waals surface area (Å²) < 4.78 is 34.1. The van der Waals surface area contributed by atoms with E-state index in [4.69, 9.17) is 4.74 Å². The van der Waals surface area contributed by atoms with Crippen molar-refractivity contribution in [1.82, 2.24) is 5.32 Å². The fraction of sp³-hybridized carbons (Fsp3) is 0.208. The number of hydrogen-bond acceptors (Lipinski definition) is 4. The zero-order valence-corrected chi connectivity index (χ0v) is 20.5. The molecule has 1 amide bonds. The van der Waals surface area contributed by atoms with Crippen molar-refractivity contribution in [2.45, 2.75) is 24.8 Å². The van der Waals surface area contributed by atoms with Gasteiger partial charge < -0.3 is 10.1 Å². The summed E-state index contributed by atoms with van der Waals surface area (Å²) in [6.07, 6.45) is 0. The Balaban J connectivity index is 1.90. The molecule has 32 heavy (non-hydrogen) atoms. The van der Waals surface area contributed by atoms with Crippen molar-refractivity contribution in [3.63, 3.8) is 0 Å². The molecule has 0 unspecified atom stereocenters. The molecule has 168 valence electrons. The number of sulfonamides is 1. The quantitative estimate of drug-likeness (QED) is 0.464. The van der Waals surface area contributed by atoms with E-state index >= 15 is 0 Å². The van der Waals surface area contributed by atoms with Gasteiger partial charge in [0.2, 0.25) is 5.91 Å². The van der Waals surface area contributed by atoms with Crippen LogP contribution in [-0.4, -0.2) is 28.0 Å². The summed E-state index contributed by atoms with van der Waals surface area (Å²) in [5, 5.41) is 2.88. The van der Waals surface area contributed by atoms with Crippen molar-refractivity contribution >= 4 is 37.5 Å². The van der Waals surface area contributed by atoms with Crippen LogP contribution in [0.1, 0.15) is 24.1 Å². The fourth-order valence-corrected chi connectivity index (χ4v) is 5.10. The van der Waals surface area contributed by atoms with Crippen LogP contribution in [0.3, 0.4) is 0 Å². The van der Waals surface area contributed by atoms with Gasteiger partial charge in [0.15, 0.2) is 0 Å². The predicted molar refractivity (Wildman–Crippen MR) is 129 cm³/mol. The number of carbonyl (C=O) groups excluding carboxylic acids is 1.